The number of nitrogens with zero attached hydrogens (tertiary/aromatic N) is 1. The maximum absolute atomic E-state index is 13.1. The first-order valence-corrected chi connectivity index (χ1v) is 6.71. The molecular weight excluding hydrogens is 269 g/mol. The zero-order valence-corrected chi connectivity index (χ0v) is 11.8. The molecule has 0 aliphatic heterocycles. The molecule has 0 unspecified atom stereocenters. The van der Waals surface area contributed by atoms with E-state index in [4.69, 9.17) is 14.7 Å². The van der Waals surface area contributed by atoms with Gasteiger partial charge in [-0.15, -0.1) is 0 Å². The van der Waals surface area contributed by atoms with Crippen molar-refractivity contribution in [1.29, 1.82) is 5.26 Å². The van der Waals surface area contributed by atoms with E-state index in [0.717, 1.165) is 12.2 Å². The van der Waals surface area contributed by atoms with Crippen molar-refractivity contribution in [2.75, 3.05) is 13.2 Å². The van der Waals surface area contributed by atoms with Crippen LogP contribution in [0.4, 0.5) is 4.39 Å². The van der Waals surface area contributed by atoms with Gasteiger partial charge in [0.1, 0.15) is 17.3 Å². The Labute approximate surface area is 123 Å². The Bertz CT molecular complexity index is 632. The number of halogens is 1. The molecule has 0 spiro atoms. The van der Waals surface area contributed by atoms with E-state index in [2.05, 4.69) is 6.07 Å². The molecule has 0 bridgehead atoms. The topological polar surface area (TPSA) is 42.2 Å². The molecule has 108 valence electrons. The summed E-state index contributed by atoms with van der Waals surface area (Å²) in [5.41, 5.74) is 1.18. The van der Waals surface area contributed by atoms with Gasteiger partial charge in [0.2, 0.25) is 0 Å². The van der Waals surface area contributed by atoms with Gasteiger partial charge in [0, 0.05) is 6.42 Å². The molecule has 0 N–H and O–H groups in total. The van der Waals surface area contributed by atoms with Crippen molar-refractivity contribution in [3.05, 3.63) is 59.4 Å². The summed E-state index contributed by atoms with van der Waals surface area (Å²) in [5, 5.41) is 8.69. The second-order valence-corrected chi connectivity index (χ2v) is 4.60. The van der Waals surface area contributed by atoms with Gasteiger partial charge in [-0.2, -0.15) is 5.26 Å². The molecule has 21 heavy (non-hydrogen) atoms. The summed E-state index contributed by atoms with van der Waals surface area (Å²) in [6.07, 6.45) is 0.719. The van der Waals surface area contributed by atoms with Crippen LogP contribution in [0.25, 0.3) is 0 Å². The van der Waals surface area contributed by atoms with Crippen molar-refractivity contribution in [2.45, 2.75) is 13.3 Å². The van der Waals surface area contributed by atoms with Crippen LogP contribution in [-0.4, -0.2) is 13.2 Å². The number of nitriles is 1. The summed E-state index contributed by atoms with van der Waals surface area (Å²) >= 11 is 0. The predicted molar refractivity (Wildman–Crippen MR) is 77.9 cm³/mol. The second kappa shape index (κ2) is 7.30. The van der Waals surface area contributed by atoms with Crippen LogP contribution in [0.3, 0.4) is 0 Å². The largest absolute Gasteiger partial charge is 0.493 e. The summed E-state index contributed by atoms with van der Waals surface area (Å²) in [6.45, 7) is 2.73. The molecular formula is C17H16FNO2. The lowest BCUT2D eigenvalue weighted by molar-refractivity contribution is 0.247. The summed E-state index contributed by atoms with van der Waals surface area (Å²) in [4.78, 5) is 0. The van der Waals surface area contributed by atoms with E-state index < -0.39 is 0 Å². The molecule has 0 fully saturated rings. The zero-order chi connectivity index (χ0) is 15.1. The molecule has 4 heteroatoms. The third-order valence-corrected chi connectivity index (χ3v) is 2.94. The van der Waals surface area contributed by atoms with Gasteiger partial charge in [-0.1, -0.05) is 0 Å². The molecule has 2 aromatic carbocycles. The van der Waals surface area contributed by atoms with Crippen molar-refractivity contribution in [1.82, 2.24) is 0 Å². The SMILES string of the molecule is Cc1cc(OCCCOc2ccc(C#N)cc2)ccc1F. The molecule has 0 aliphatic carbocycles. The van der Waals surface area contributed by atoms with Crippen LogP contribution >= 0.6 is 0 Å². The van der Waals surface area contributed by atoms with Crippen LogP contribution in [0.15, 0.2) is 42.5 Å². The Morgan fingerprint density at radius 3 is 2.24 bits per heavy atom. The molecule has 3 nitrogen and oxygen atoms in total. The Kier molecular flexibility index (Phi) is 5.16. The fourth-order valence-corrected chi connectivity index (χ4v) is 1.77. The van der Waals surface area contributed by atoms with Gasteiger partial charge >= 0.3 is 0 Å². The van der Waals surface area contributed by atoms with Crippen molar-refractivity contribution in [2.24, 2.45) is 0 Å². The number of hydrogen-bond acceptors (Lipinski definition) is 3. The van der Waals surface area contributed by atoms with Crippen LogP contribution in [-0.2, 0) is 0 Å². The van der Waals surface area contributed by atoms with Gasteiger partial charge in [0.25, 0.3) is 0 Å². The molecule has 0 saturated heterocycles. The Balaban J connectivity index is 1.69. The van der Waals surface area contributed by atoms with Gasteiger partial charge in [0.05, 0.1) is 24.8 Å². The average Bonchev–Trinajstić information content (AvgIpc) is 2.51. The third kappa shape index (κ3) is 4.50. The first-order valence-electron chi connectivity index (χ1n) is 6.71. The van der Waals surface area contributed by atoms with E-state index >= 15 is 0 Å². The first kappa shape index (κ1) is 14.9. The lowest BCUT2D eigenvalue weighted by Gasteiger charge is -2.08. The fraction of sp³-hybridized carbons (Fsp3) is 0.235. The second-order valence-electron chi connectivity index (χ2n) is 4.60. The van der Waals surface area contributed by atoms with Crippen LogP contribution in [0, 0.1) is 24.1 Å². The van der Waals surface area contributed by atoms with Crippen LogP contribution in [0.1, 0.15) is 17.5 Å². The van der Waals surface area contributed by atoms with Crippen LogP contribution in [0.5, 0.6) is 11.5 Å². The minimum absolute atomic E-state index is 0.230. The fourth-order valence-electron chi connectivity index (χ4n) is 1.77. The maximum Gasteiger partial charge on any atom is 0.126 e. The van der Waals surface area contributed by atoms with Gasteiger partial charge in [-0.05, 0) is 55.0 Å². The number of ether oxygens (including phenoxy) is 2. The predicted octanol–water partition coefficient (Wildman–Crippen LogP) is 3.85. The summed E-state index contributed by atoms with van der Waals surface area (Å²) in [7, 11) is 0. The van der Waals surface area contributed by atoms with Crippen LogP contribution in [0.2, 0.25) is 0 Å². The zero-order valence-electron chi connectivity index (χ0n) is 11.8. The Morgan fingerprint density at radius 1 is 1.00 bits per heavy atom. The third-order valence-electron chi connectivity index (χ3n) is 2.94. The average molecular weight is 285 g/mol. The van der Waals surface area contributed by atoms with Crippen molar-refractivity contribution < 1.29 is 13.9 Å². The van der Waals surface area contributed by atoms with E-state index in [-0.39, 0.29) is 5.82 Å². The number of aryl methyl sites for hydroxylation is 1. The highest BCUT2D eigenvalue weighted by atomic mass is 19.1. The monoisotopic (exact) mass is 285 g/mol. The first-order chi connectivity index (χ1) is 10.2. The lowest BCUT2D eigenvalue weighted by atomic mass is 10.2. The lowest BCUT2D eigenvalue weighted by Crippen LogP contribution is -2.05. The molecule has 0 heterocycles. The summed E-state index contributed by atoms with van der Waals surface area (Å²) in [6, 6.07) is 13.7. The highest BCUT2D eigenvalue weighted by Crippen LogP contribution is 2.16. The Morgan fingerprint density at radius 2 is 1.62 bits per heavy atom. The van der Waals surface area contributed by atoms with Crippen LogP contribution < -0.4 is 9.47 Å². The Hall–Kier alpha value is -2.54. The minimum Gasteiger partial charge on any atom is -0.493 e. The highest BCUT2D eigenvalue weighted by Gasteiger charge is 2.00. The summed E-state index contributed by atoms with van der Waals surface area (Å²) in [5.74, 6) is 1.16. The smallest absolute Gasteiger partial charge is 0.126 e. The molecule has 0 amide bonds. The van der Waals surface area contributed by atoms with Gasteiger partial charge in [-0.25, -0.2) is 4.39 Å². The number of rotatable bonds is 6. The van der Waals surface area contributed by atoms with Gasteiger partial charge in [-0.3, -0.25) is 0 Å². The molecule has 2 aromatic rings. The molecule has 0 radical (unpaired) electrons. The van der Waals surface area contributed by atoms with Gasteiger partial charge < -0.3 is 9.47 Å². The van der Waals surface area contributed by atoms with Crippen molar-refractivity contribution in [3.8, 4) is 17.6 Å². The minimum atomic E-state index is -0.230. The number of benzene rings is 2. The number of hydrogen-bond donors (Lipinski definition) is 0. The van der Waals surface area contributed by atoms with E-state index in [1.54, 1.807) is 43.3 Å². The molecule has 0 atom stereocenters. The standard InChI is InChI=1S/C17H16FNO2/c1-13-11-16(7-8-17(13)18)21-10-2-9-20-15-5-3-14(12-19)4-6-15/h3-8,11H,2,9-10H2,1H3. The normalized spacial score (nSPS) is 9.95. The van der Waals surface area contributed by atoms with E-state index in [0.29, 0.717) is 30.1 Å². The van der Waals surface area contributed by atoms with E-state index in [1.807, 2.05) is 0 Å². The van der Waals surface area contributed by atoms with E-state index in [9.17, 15) is 4.39 Å². The molecule has 0 saturated carbocycles. The molecule has 0 aliphatic rings. The molecule has 0 aromatic heterocycles. The highest BCUT2D eigenvalue weighted by molar-refractivity contribution is 5.34. The quantitative estimate of drug-likeness (QED) is 0.757. The van der Waals surface area contributed by atoms with E-state index in [1.165, 1.54) is 6.07 Å². The van der Waals surface area contributed by atoms with Crippen molar-refractivity contribution >= 4 is 0 Å². The summed E-state index contributed by atoms with van der Waals surface area (Å²) < 4.78 is 24.2. The maximum atomic E-state index is 13.1. The van der Waals surface area contributed by atoms with Gasteiger partial charge in [0.15, 0.2) is 0 Å². The molecule has 2 rings (SSSR count). The van der Waals surface area contributed by atoms with Crippen molar-refractivity contribution in [3.63, 3.8) is 0 Å².